The Balaban J connectivity index is 1.82. The highest BCUT2D eigenvalue weighted by Gasteiger charge is 2.32. The number of hydrogen-bond acceptors (Lipinski definition) is 4. The van der Waals surface area contributed by atoms with Gasteiger partial charge in [0.25, 0.3) is 5.91 Å². The van der Waals surface area contributed by atoms with Gasteiger partial charge >= 0.3 is 0 Å². The van der Waals surface area contributed by atoms with Gasteiger partial charge in [0.1, 0.15) is 0 Å². The zero-order valence-electron chi connectivity index (χ0n) is 15.1. The van der Waals surface area contributed by atoms with Crippen LogP contribution in [0.5, 0.6) is 0 Å². The average Bonchev–Trinajstić information content (AvgIpc) is 3.23. The molecule has 0 saturated carbocycles. The van der Waals surface area contributed by atoms with Gasteiger partial charge in [0.15, 0.2) is 0 Å². The van der Waals surface area contributed by atoms with Crippen molar-refractivity contribution in [3.8, 4) is 17.2 Å². The van der Waals surface area contributed by atoms with E-state index in [1.54, 1.807) is 11.0 Å². The molecule has 134 valence electrons. The van der Waals surface area contributed by atoms with Crippen molar-refractivity contribution in [2.45, 2.75) is 20.0 Å². The molecule has 1 aromatic heterocycles. The van der Waals surface area contributed by atoms with E-state index < -0.39 is 0 Å². The first-order valence-corrected chi connectivity index (χ1v) is 8.78. The summed E-state index contributed by atoms with van der Waals surface area (Å²) in [4.78, 5) is 14.4. The van der Waals surface area contributed by atoms with E-state index >= 15 is 0 Å². The van der Waals surface area contributed by atoms with Gasteiger partial charge in [-0.1, -0.05) is 24.8 Å². The molecule has 6 nitrogen and oxygen atoms in total. The maximum absolute atomic E-state index is 12.8. The van der Waals surface area contributed by atoms with E-state index in [4.69, 9.17) is 11.0 Å². The van der Waals surface area contributed by atoms with Crippen LogP contribution < -0.4 is 5.73 Å². The van der Waals surface area contributed by atoms with Crippen molar-refractivity contribution in [2.75, 3.05) is 12.3 Å². The highest BCUT2D eigenvalue weighted by Crippen LogP contribution is 2.37. The Kier molecular flexibility index (Phi) is 3.93. The van der Waals surface area contributed by atoms with Crippen LogP contribution in [0, 0.1) is 11.3 Å². The van der Waals surface area contributed by atoms with E-state index in [2.05, 4.69) is 24.7 Å². The van der Waals surface area contributed by atoms with E-state index in [1.807, 2.05) is 35.1 Å². The van der Waals surface area contributed by atoms with Gasteiger partial charge in [0.05, 0.1) is 29.9 Å². The number of carbonyl (C=O) groups excluding carboxylic acids is 1. The predicted molar refractivity (Wildman–Crippen MR) is 105 cm³/mol. The summed E-state index contributed by atoms with van der Waals surface area (Å²) in [7, 11) is 0. The van der Waals surface area contributed by atoms with Gasteiger partial charge in [-0.25, -0.2) is 0 Å². The fourth-order valence-corrected chi connectivity index (χ4v) is 3.66. The van der Waals surface area contributed by atoms with Crippen LogP contribution in [-0.4, -0.2) is 27.1 Å². The molecule has 1 amide bonds. The van der Waals surface area contributed by atoms with Crippen LogP contribution >= 0.6 is 0 Å². The monoisotopic (exact) mass is 357 g/mol. The molecule has 0 aliphatic carbocycles. The Morgan fingerprint density at radius 1 is 1.37 bits per heavy atom. The van der Waals surface area contributed by atoms with Crippen LogP contribution in [0.2, 0.25) is 0 Å². The standard InChI is InChI=1S/C21H19N5O/c1-3-26-19-8-14(4-5-15(19)10-24-26)16-6-7-18(23)20-17(16)12-25(21(20)27)11-13(2)9-22/h4-8,10H,2-3,11-12,23H2,1H3. The number of rotatable bonds is 4. The third kappa shape index (κ3) is 2.64. The first-order chi connectivity index (χ1) is 13.0. The number of nitrogens with two attached hydrogens (primary N) is 1. The van der Waals surface area contributed by atoms with Crippen molar-refractivity contribution >= 4 is 22.5 Å². The Hall–Kier alpha value is -3.59. The number of anilines is 1. The summed E-state index contributed by atoms with van der Waals surface area (Å²) in [6.07, 6.45) is 1.86. The van der Waals surface area contributed by atoms with Crippen molar-refractivity contribution in [3.63, 3.8) is 0 Å². The largest absolute Gasteiger partial charge is 0.398 e. The van der Waals surface area contributed by atoms with E-state index in [-0.39, 0.29) is 12.5 Å². The number of aromatic nitrogens is 2. The number of hydrogen-bond donors (Lipinski definition) is 1. The van der Waals surface area contributed by atoms with Crippen LogP contribution in [0.4, 0.5) is 5.69 Å². The summed E-state index contributed by atoms with van der Waals surface area (Å²) in [6, 6.07) is 11.9. The Bertz CT molecular complexity index is 1140. The highest BCUT2D eigenvalue weighted by molar-refractivity contribution is 6.05. The minimum Gasteiger partial charge on any atom is -0.398 e. The first-order valence-electron chi connectivity index (χ1n) is 8.78. The van der Waals surface area contributed by atoms with Crippen molar-refractivity contribution in [3.05, 3.63) is 59.8 Å². The normalized spacial score (nSPS) is 13.0. The lowest BCUT2D eigenvalue weighted by Crippen LogP contribution is -2.26. The summed E-state index contributed by atoms with van der Waals surface area (Å²) < 4.78 is 1.95. The molecule has 1 aliphatic rings. The second-order valence-corrected chi connectivity index (χ2v) is 6.67. The van der Waals surface area contributed by atoms with Crippen LogP contribution in [0.15, 0.2) is 48.7 Å². The summed E-state index contributed by atoms with van der Waals surface area (Å²) >= 11 is 0. The molecule has 2 N–H and O–H groups in total. The molecule has 0 radical (unpaired) electrons. The Morgan fingerprint density at radius 2 is 2.19 bits per heavy atom. The fraction of sp³-hybridized carbons (Fsp3) is 0.190. The molecule has 0 saturated heterocycles. The molecule has 2 heterocycles. The van der Waals surface area contributed by atoms with Gasteiger partial charge in [-0.15, -0.1) is 0 Å². The van der Waals surface area contributed by atoms with Gasteiger partial charge < -0.3 is 10.6 Å². The topological polar surface area (TPSA) is 87.9 Å². The predicted octanol–water partition coefficient (Wildman–Crippen LogP) is 3.34. The third-order valence-electron chi connectivity index (χ3n) is 4.99. The van der Waals surface area contributed by atoms with Crippen LogP contribution in [-0.2, 0) is 13.1 Å². The van der Waals surface area contributed by atoms with E-state index in [0.29, 0.717) is 23.4 Å². The molecule has 4 rings (SSSR count). The lowest BCUT2D eigenvalue weighted by atomic mass is 9.95. The maximum Gasteiger partial charge on any atom is 0.256 e. The molecule has 0 atom stereocenters. The van der Waals surface area contributed by atoms with Gasteiger partial charge in [-0.3, -0.25) is 9.48 Å². The van der Waals surface area contributed by atoms with Gasteiger partial charge in [-0.2, -0.15) is 10.4 Å². The Labute approximate surface area is 157 Å². The van der Waals surface area contributed by atoms with Crippen molar-refractivity contribution in [2.24, 2.45) is 0 Å². The van der Waals surface area contributed by atoms with E-state index in [0.717, 1.165) is 34.1 Å². The van der Waals surface area contributed by atoms with Crippen molar-refractivity contribution in [1.29, 1.82) is 5.26 Å². The summed E-state index contributed by atoms with van der Waals surface area (Å²) in [5.74, 6) is -0.152. The zero-order valence-corrected chi connectivity index (χ0v) is 15.1. The minimum absolute atomic E-state index is 0.152. The molecule has 0 fully saturated rings. The summed E-state index contributed by atoms with van der Waals surface area (Å²) in [6.45, 7) is 7.16. The molecule has 0 spiro atoms. The molecule has 2 aromatic carbocycles. The molecular weight excluding hydrogens is 338 g/mol. The number of carbonyl (C=O) groups is 1. The number of aryl methyl sites for hydroxylation is 1. The van der Waals surface area contributed by atoms with Crippen LogP contribution in [0.25, 0.3) is 22.0 Å². The van der Waals surface area contributed by atoms with Gasteiger partial charge in [-0.05, 0) is 35.7 Å². The summed E-state index contributed by atoms with van der Waals surface area (Å²) in [5, 5.41) is 14.5. The average molecular weight is 357 g/mol. The molecule has 3 aromatic rings. The number of fused-ring (bicyclic) bond motifs is 2. The zero-order chi connectivity index (χ0) is 19.1. The van der Waals surface area contributed by atoms with Gasteiger partial charge in [0, 0.05) is 29.7 Å². The second kappa shape index (κ2) is 6.29. The second-order valence-electron chi connectivity index (χ2n) is 6.67. The number of nitriles is 1. The molecule has 0 bridgehead atoms. The van der Waals surface area contributed by atoms with Crippen LogP contribution in [0.1, 0.15) is 22.8 Å². The first kappa shape index (κ1) is 16.9. The van der Waals surface area contributed by atoms with Crippen molar-refractivity contribution in [1.82, 2.24) is 14.7 Å². The molecule has 27 heavy (non-hydrogen) atoms. The number of amides is 1. The molecule has 6 heteroatoms. The fourth-order valence-electron chi connectivity index (χ4n) is 3.66. The van der Waals surface area contributed by atoms with Crippen LogP contribution in [0.3, 0.4) is 0 Å². The lowest BCUT2D eigenvalue weighted by Gasteiger charge is -2.14. The summed E-state index contributed by atoms with van der Waals surface area (Å²) in [5.41, 5.74) is 11.4. The SMILES string of the molecule is C=C(C#N)CN1Cc2c(-c3ccc4cnn(CC)c4c3)ccc(N)c2C1=O. The smallest absolute Gasteiger partial charge is 0.256 e. The number of benzene rings is 2. The maximum atomic E-state index is 12.8. The third-order valence-corrected chi connectivity index (χ3v) is 4.99. The highest BCUT2D eigenvalue weighted by atomic mass is 16.2. The number of nitrogen functional groups attached to an aromatic ring is 1. The molecule has 1 aliphatic heterocycles. The van der Waals surface area contributed by atoms with Crippen molar-refractivity contribution < 1.29 is 4.79 Å². The van der Waals surface area contributed by atoms with E-state index in [1.165, 1.54) is 0 Å². The molecular formula is C21H19N5O. The lowest BCUT2D eigenvalue weighted by molar-refractivity contribution is 0.0794. The molecule has 0 unspecified atom stereocenters. The quantitative estimate of drug-likeness (QED) is 0.573. The van der Waals surface area contributed by atoms with E-state index in [9.17, 15) is 4.79 Å². The minimum atomic E-state index is -0.152. The van der Waals surface area contributed by atoms with Gasteiger partial charge in [0.2, 0.25) is 0 Å². The Morgan fingerprint density at radius 3 is 2.93 bits per heavy atom. The number of nitrogens with zero attached hydrogens (tertiary/aromatic N) is 4.